The zero-order valence-corrected chi connectivity index (χ0v) is 12.3. The van der Waals surface area contributed by atoms with Gasteiger partial charge < -0.3 is 24.0 Å². The highest BCUT2D eigenvalue weighted by Gasteiger charge is 2.21. The Kier molecular flexibility index (Phi) is 8.17. The lowest BCUT2D eigenvalue weighted by molar-refractivity contribution is -0.138. The molecular weight excluding hydrogens is 264 g/mol. The summed E-state index contributed by atoms with van der Waals surface area (Å²) in [6, 6.07) is 0. The highest BCUT2D eigenvalue weighted by molar-refractivity contribution is 5.79. The number of carbonyl (C=O) groups is 2. The zero-order chi connectivity index (χ0) is 14.8. The number of rotatable bonds is 7. The second-order valence-corrected chi connectivity index (χ2v) is 4.59. The van der Waals surface area contributed by atoms with Gasteiger partial charge in [-0.2, -0.15) is 0 Å². The van der Waals surface area contributed by atoms with Gasteiger partial charge in [0.15, 0.2) is 0 Å². The van der Waals surface area contributed by atoms with Crippen LogP contribution in [-0.2, 0) is 23.8 Å². The molecule has 0 aromatic heterocycles. The van der Waals surface area contributed by atoms with Crippen LogP contribution in [-0.4, -0.2) is 88.4 Å². The smallest absolute Gasteiger partial charge is 0.248 e. The normalized spacial score (nSPS) is 16.1. The predicted octanol–water partition coefficient (Wildman–Crippen LogP) is -0.643. The standard InChI is InChI=1S/C13H24N2O5/c1-18-8-9-20-11-13(17)15-5-3-4-14(6-7-15)12(16)10-19-2/h3-11H2,1-2H3. The van der Waals surface area contributed by atoms with Gasteiger partial charge >= 0.3 is 0 Å². The quantitative estimate of drug-likeness (QED) is 0.583. The SMILES string of the molecule is COCCOCC(=O)N1CCCN(C(=O)COC)CC1. The van der Waals surface area contributed by atoms with E-state index in [1.165, 1.54) is 7.11 Å². The van der Waals surface area contributed by atoms with E-state index in [4.69, 9.17) is 14.2 Å². The number of nitrogens with zero attached hydrogens (tertiary/aromatic N) is 2. The number of carbonyl (C=O) groups excluding carboxylic acids is 2. The van der Waals surface area contributed by atoms with Gasteiger partial charge in [-0.05, 0) is 6.42 Å². The first-order chi connectivity index (χ1) is 9.69. The molecular formula is C13H24N2O5. The van der Waals surface area contributed by atoms with Gasteiger partial charge in [-0.15, -0.1) is 0 Å². The maximum atomic E-state index is 11.9. The molecule has 0 N–H and O–H groups in total. The van der Waals surface area contributed by atoms with Crippen LogP contribution < -0.4 is 0 Å². The van der Waals surface area contributed by atoms with Crippen molar-refractivity contribution in [1.29, 1.82) is 0 Å². The van der Waals surface area contributed by atoms with E-state index in [1.54, 1.807) is 16.9 Å². The average molecular weight is 288 g/mol. The number of amides is 2. The van der Waals surface area contributed by atoms with E-state index < -0.39 is 0 Å². The van der Waals surface area contributed by atoms with Crippen LogP contribution in [0.3, 0.4) is 0 Å². The fourth-order valence-electron chi connectivity index (χ4n) is 2.02. The second kappa shape index (κ2) is 9.68. The van der Waals surface area contributed by atoms with Crippen LogP contribution in [0.25, 0.3) is 0 Å². The first-order valence-corrected chi connectivity index (χ1v) is 6.80. The summed E-state index contributed by atoms with van der Waals surface area (Å²) in [4.78, 5) is 27.2. The third-order valence-corrected chi connectivity index (χ3v) is 3.13. The van der Waals surface area contributed by atoms with E-state index >= 15 is 0 Å². The predicted molar refractivity (Wildman–Crippen MR) is 72.3 cm³/mol. The van der Waals surface area contributed by atoms with E-state index in [9.17, 15) is 9.59 Å². The Morgan fingerprint density at radius 2 is 1.45 bits per heavy atom. The summed E-state index contributed by atoms with van der Waals surface area (Å²) in [5, 5.41) is 0. The van der Waals surface area contributed by atoms with Gasteiger partial charge in [-0.1, -0.05) is 0 Å². The fourth-order valence-corrected chi connectivity index (χ4v) is 2.02. The topological polar surface area (TPSA) is 68.3 Å². The lowest BCUT2D eigenvalue weighted by Crippen LogP contribution is -2.39. The maximum Gasteiger partial charge on any atom is 0.248 e. The van der Waals surface area contributed by atoms with Gasteiger partial charge in [0.2, 0.25) is 11.8 Å². The summed E-state index contributed by atoms with van der Waals surface area (Å²) in [6.45, 7) is 3.46. The van der Waals surface area contributed by atoms with Crippen LogP contribution in [0.1, 0.15) is 6.42 Å². The van der Waals surface area contributed by atoms with Gasteiger partial charge in [-0.25, -0.2) is 0 Å². The van der Waals surface area contributed by atoms with Crippen molar-refractivity contribution in [1.82, 2.24) is 9.80 Å². The van der Waals surface area contributed by atoms with Crippen molar-refractivity contribution in [3.8, 4) is 0 Å². The van der Waals surface area contributed by atoms with Gasteiger partial charge in [0.25, 0.3) is 0 Å². The Morgan fingerprint density at radius 3 is 2.00 bits per heavy atom. The highest BCUT2D eigenvalue weighted by Crippen LogP contribution is 2.04. The van der Waals surface area contributed by atoms with E-state index in [1.807, 2.05) is 0 Å². The van der Waals surface area contributed by atoms with Crippen molar-refractivity contribution in [2.75, 3.05) is 66.8 Å². The first-order valence-electron chi connectivity index (χ1n) is 6.80. The molecule has 0 aromatic rings. The van der Waals surface area contributed by atoms with Crippen LogP contribution in [0.5, 0.6) is 0 Å². The van der Waals surface area contributed by atoms with Crippen LogP contribution in [0.15, 0.2) is 0 Å². The number of ether oxygens (including phenoxy) is 3. The largest absolute Gasteiger partial charge is 0.382 e. The summed E-state index contributed by atoms with van der Waals surface area (Å²) >= 11 is 0. The van der Waals surface area contributed by atoms with Gasteiger partial charge in [0.1, 0.15) is 13.2 Å². The van der Waals surface area contributed by atoms with Crippen LogP contribution >= 0.6 is 0 Å². The molecule has 1 fully saturated rings. The summed E-state index contributed by atoms with van der Waals surface area (Å²) in [6.07, 6.45) is 0.777. The molecule has 20 heavy (non-hydrogen) atoms. The van der Waals surface area contributed by atoms with Crippen molar-refractivity contribution in [3.05, 3.63) is 0 Å². The van der Waals surface area contributed by atoms with E-state index in [-0.39, 0.29) is 25.0 Å². The minimum atomic E-state index is -0.0397. The summed E-state index contributed by atoms with van der Waals surface area (Å²) in [5.41, 5.74) is 0. The molecule has 1 saturated heterocycles. The minimum absolute atomic E-state index is 0.0295. The highest BCUT2D eigenvalue weighted by atomic mass is 16.5. The Hall–Kier alpha value is -1.18. The second-order valence-electron chi connectivity index (χ2n) is 4.59. The molecule has 0 radical (unpaired) electrons. The van der Waals surface area contributed by atoms with Crippen LogP contribution in [0.2, 0.25) is 0 Å². The Labute approximate surface area is 119 Å². The Morgan fingerprint density at radius 1 is 0.850 bits per heavy atom. The molecule has 1 rings (SSSR count). The molecule has 0 atom stereocenters. The van der Waals surface area contributed by atoms with Gasteiger partial charge in [-0.3, -0.25) is 9.59 Å². The summed E-state index contributed by atoms with van der Waals surface area (Å²) in [5.74, 6) is -0.0692. The molecule has 1 heterocycles. The maximum absolute atomic E-state index is 11.9. The van der Waals surface area contributed by atoms with Crippen molar-refractivity contribution >= 4 is 11.8 Å². The molecule has 0 aliphatic carbocycles. The van der Waals surface area contributed by atoms with Crippen LogP contribution in [0.4, 0.5) is 0 Å². The molecule has 116 valence electrons. The lowest BCUT2D eigenvalue weighted by atomic mass is 10.3. The third-order valence-electron chi connectivity index (χ3n) is 3.13. The van der Waals surface area contributed by atoms with Crippen molar-refractivity contribution in [3.63, 3.8) is 0 Å². The summed E-state index contributed by atoms with van der Waals surface area (Å²) in [7, 11) is 3.09. The van der Waals surface area contributed by atoms with Gasteiger partial charge in [0, 0.05) is 40.4 Å². The molecule has 0 bridgehead atoms. The zero-order valence-electron chi connectivity index (χ0n) is 12.3. The van der Waals surface area contributed by atoms with E-state index in [0.717, 1.165) is 6.42 Å². The third kappa shape index (κ3) is 5.85. The van der Waals surface area contributed by atoms with Gasteiger partial charge in [0.05, 0.1) is 13.2 Å². The Balaban J connectivity index is 2.31. The number of hydrogen-bond acceptors (Lipinski definition) is 5. The van der Waals surface area contributed by atoms with Crippen molar-refractivity contribution < 1.29 is 23.8 Å². The molecule has 7 heteroatoms. The molecule has 1 aliphatic rings. The molecule has 2 amide bonds. The molecule has 1 aliphatic heterocycles. The van der Waals surface area contributed by atoms with E-state index in [0.29, 0.717) is 39.4 Å². The van der Waals surface area contributed by atoms with E-state index in [2.05, 4.69) is 0 Å². The minimum Gasteiger partial charge on any atom is -0.382 e. The summed E-state index contributed by atoms with van der Waals surface area (Å²) < 4.78 is 14.9. The number of hydrogen-bond donors (Lipinski definition) is 0. The average Bonchev–Trinajstić information content (AvgIpc) is 2.69. The first kappa shape index (κ1) is 16.9. The van der Waals surface area contributed by atoms with Crippen LogP contribution in [0, 0.1) is 0 Å². The van der Waals surface area contributed by atoms with Crippen molar-refractivity contribution in [2.24, 2.45) is 0 Å². The monoisotopic (exact) mass is 288 g/mol. The Bertz CT molecular complexity index is 311. The molecule has 0 aromatic carbocycles. The molecule has 0 unspecified atom stereocenters. The number of methoxy groups -OCH3 is 2. The fraction of sp³-hybridized carbons (Fsp3) is 0.846. The molecule has 7 nitrogen and oxygen atoms in total. The molecule has 0 saturated carbocycles. The lowest BCUT2D eigenvalue weighted by Gasteiger charge is -2.22. The molecule has 0 spiro atoms. The van der Waals surface area contributed by atoms with Crippen molar-refractivity contribution in [2.45, 2.75) is 6.42 Å².